The van der Waals surface area contributed by atoms with Crippen LogP contribution in [0.2, 0.25) is 6.04 Å². The largest absolute Gasteiger partial charge is 0.457 e. The molecule has 0 spiro atoms. The van der Waals surface area contributed by atoms with Crippen LogP contribution in [0.3, 0.4) is 0 Å². The van der Waals surface area contributed by atoms with E-state index >= 15 is 0 Å². The number of hydrogen-bond donors (Lipinski definition) is 0. The quantitative estimate of drug-likeness (QED) is 0.313. The summed E-state index contributed by atoms with van der Waals surface area (Å²) >= 11 is 0. The van der Waals surface area contributed by atoms with Crippen LogP contribution in [0.25, 0.3) is 0 Å². The van der Waals surface area contributed by atoms with Crippen molar-refractivity contribution in [3.63, 3.8) is 0 Å². The van der Waals surface area contributed by atoms with Gasteiger partial charge in [0.1, 0.15) is 0 Å². The van der Waals surface area contributed by atoms with Crippen LogP contribution in [0.5, 0.6) is 11.5 Å². The number of benzene rings is 1. The van der Waals surface area contributed by atoms with Crippen LogP contribution < -0.4 is 14.7 Å². The van der Waals surface area contributed by atoms with E-state index in [-0.39, 0.29) is 12.8 Å². The lowest BCUT2D eigenvalue weighted by Crippen LogP contribution is -2.28. The maximum atomic E-state index is 14.1. The van der Waals surface area contributed by atoms with Gasteiger partial charge in [-0.05, 0) is 60.6 Å². The van der Waals surface area contributed by atoms with Crippen molar-refractivity contribution in [3.8, 4) is 11.5 Å². The lowest BCUT2D eigenvalue weighted by atomic mass is 9.69. The first-order valence-corrected chi connectivity index (χ1v) is 14.2. The second-order valence-electron chi connectivity index (χ2n) is 9.86. The zero-order chi connectivity index (χ0) is 22.9. The molecule has 1 aromatic rings. The van der Waals surface area contributed by atoms with E-state index in [0.29, 0.717) is 21.0 Å². The second kappa shape index (κ2) is 13.0. The topological polar surface area (TPSA) is 18.5 Å². The van der Waals surface area contributed by atoms with Gasteiger partial charge in [-0.25, -0.2) is 8.78 Å². The van der Waals surface area contributed by atoms with Gasteiger partial charge in [0.15, 0.2) is 11.5 Å². The van der Waals surface area contributed by atoms with Crippen LogP contribution >= 0.6 is 0 Å². The number of para-hydroxylation sites is 1. The Balaban J connectivity index is 1.54. The highest BCUT2D eigenvalue weighted by Gasteiger charge is 2.30. The molecule has 32 heavy (non-hydrogen) atoms. The fourth-order valence-corrected chi connectivity index (χ4v) is 6.96. The summed E-state index contributed by atoms with van der Waals surface area (Å²) in [5.74, 6) is 4.31. The van der Waals surface area contributed by atoms with Gasteiger partial charge in [-0.1, -0.05) is 71.1 Å². The van der Waals surface area contributed by atoms with E-state index in [1.807, 2.05) is 12.1 Å². The number of alkyl halides is 2. The Kier molecular flexibility index (Phi) is 10.3. The Morgan fingerprint density at radius 3 is 1.94 bits per heavy atom. The van der Waals surface area contributed by atoms with Gasteiger partial charge in [0.25, 0.3) is 0 Å². The molecule has 0 aliphatic heterocycles. The van der Waals surface area contributed by atoms with E-state index in [2.05, 4.69) is 6.92 Å². The zero-order valence-electron chi connectivity index (χ0n) is 20.3. The molecule has 0 N–H and O–H groups in total. The number of rotatable bonds is 11. The van der Waals surface area contributed by atoms with Gasteiger partial charge in [0.05, 0.1) is 9.52 Å². The molecule has 0 aromatic heterocycles. The van der Waals surface area contributed by atoms with Crippen molar-refractivity contribution < 1.29 is 18.3 Å². The van der Waals surface area contributed by atoms with Crippen LogP contribution in [-0.4, -0.2) is 22.2 Å². The standard InChI is InChI=1S/C27H42F2O2Si/c1-4-19-10-14-21(15-11-19)22-16-12-20(13-17-22)18-32-24-9-7-8-23(30-25(28)5-2)27(24)31-26(29)6-3/h7-9,19-22,25-26H,4-6,10-18H2,1-3H3. The van der Waals surface area contributed by atoms with Crippen molar-refractivity contribution in [2.24, 2.45) is 23.7 Å². The van der Waals surface area contributed by atoms with E-state index < -0.39 is 12.7 Å². The molecule has 2 fully saturated rings. The van der Waals surface area contributed by atoms with Crippen molar-refractivity contribution in [2.75, 3.05) is 0 Å². The van der Waals surface area contributed by atoms with Crippen LogP contribution in [0.1, 0.15) is 91.4 Å². The van der Waals surface area contributed by atoms with Crippen molar-refractivity contribution >= 4 is 14.7 Å². The Morgan fingerprint density at radius 2 is 1.38 bits per heavy atom. The van der Waals surface area contributed by atoms with Crippen LogP contribution in [0, 0.1) is 23.7 Å². The first-order valence-electron chi connectivity index (χ1n) is 13.0. The molecule has 2 unspecified atom stereocenters. The Labute approximate surface area is 196 Å². The van der Waals surface area contributed by atoms with Gasteiger partial charge in [0.2, 0.25) is 12.7 Å². The summed E-state index contributed by atoms with van der Waals surface area (Å²) in [7, 11) is 0.530. The van der Waals surface area contributed by atoms with Crippen molar-refractivity contribution in [2.45, 2.75) is 110 Å². The maximum Gasteiger partial charge on any atom is 0.238 e. The average molecular weight is 465 g/mol. The fraction of sp³-hybridized carbons (Fsp3) is 0.778. The van der Waals surface area contributed by atoms with Gasteiger partial charge in [-0.2, -0.15) is 0 Å². The zero-order valence-corrected chi connectivity index (χ0v) is 21.3. The Morgan fingerprint density at radius 1 is 0.812 bits per heavy atom. The van der Waals surface area contributed by atoms with Gasteiger partial charge >= 0.3 is 0 Å². The van der Waals surface area contributed by atoms with Crippen molar-refractivity contribution in [1.82, 2.24) is 0 Å². The van der Waals surface area contributed by atoms with Gasteiger partial charge < -0.3 is 9.47 Å². The minimum absolute atomic E-state index is 0.252. The summed E-state index contributed by atoms with van der Waals surface area (Å²) in [6.45, 7) is 5.81. The smallest absolute Gasteiger partial charge is 0.238 e. The lowest BCUT2D eigenvalue weighted by molar-refractivity contribution is 0.0390. The third-order valence-corrected chi connectivity index (χ3v) is 9.29. The SMILES string of the molecule is CCC1CCC(C2CCC(C[Si]c3cccc(OC(F)CC)c3OC(F)CC)CC2)CC1. The molecule has 0 saturated heterocycles. The van der Waals surface area contributed by atoms with Crippen molar-refractivity contribution in [3.05, 3.63) is 18.2 Å². The predicted octanol–water partition coefficient (Wildman–Crippen LogP) is 7.63. The number of ether oxygens (including phenoxy) is 2. The van der Waals surface area contributed by atoms with Gasteiger partial charge in [0, 0.05) is 12.8 Å². The summed E-state index contributed by atoms with van der Waals surface area (Å²) in [4.78, 5) is 0. The van der Waals surface area contributed by atoms with Crippen molar-refractivity contribution in [1.29, 1.82) is 0 Å². The normalized spacial score (nSPS) is 28.2. The van der Waals surface area contributed by atoms with Crippen LogP contribution in [0.4, 0.5) is 8.78 Å². The minimum Gasteiger partial charge on any atom is -0.457 e. The highest BCUT2D eigenvalue weighted by molar-refractivity contribution is 6.54. The number of hydrogen-bond acceptors (Lipinski definition) is 2. The molecule has 5 heteroatoms. The Hall–Kier alpha value is -1.10. The number of halogens is 2. The van der Waals surface area contributed by atoms with Gasteiger partial charge in [-0.3, -0.25) is 0 Å². The van der Waals surface area contributed by atoms with Crippen LogP contribution in [0.15, 0.2) is 18.2 Å². The predicted molar refractivity (Wildman–Crippen MR) is 129 cm³/mol. The highest BCUT2D eigenvalue weighted by atomic mass is 28.2. The van der Waals surface area contributed by atoms with Gasteiger partial charge in [-0.15, -0.1) is 0 Å². The lowest BCUT2D eigenvalue weighted by Gasteiger charge is -2.37. The molecule has 0 bridgehead atoms. The molecule has 0 heterocycles. The molecule has 2 aliphatic rings. The minimum atomic E-state index is -1.40. The molecule has 2 radical (unpaired) electrons. The summed E-state index contributed by atoms with van der Waals surface area (Å²) in [5.41, 5.74) is 0. The summed E-state index contributed by atoms with van der Waals surface area (Å²) < 4.78 is 39.0. The molecule has 3 rings (SSSR count). The molecule has 2 atom stereocenters. The van der Waals surface area contributed by atoms with E-state index in [9.17, 15) is 8.78 Å². The van der Waals surface area contributed by atoms with E-state index in [1.165, 1.54) is 57.8 Å². The molecular weight excluding hydrogens is 422 g/mol. The monoisotopic (exact) mass is 464 g/mol. The molecule has 0 amide bonds. The average Bonchev–Trinajstić information content (AvgIpc) is 2.84. The first-order chi connectivity index (χ1) is 15.5. The molecule has 2 aliphatic carbocycles. The van der Waals surface area contributed by atoms with Crippen LogP contribution in [-0.2, 0) is 0 Å². The molecule has 2 saturated carbocycles. The third kappa shape index (κ3) is 7.20. The van der Waals surface area contributed by atoms with E-state index in [4.69, 9.17) is 9.47 Å². The second-order valence-corrected chi connectivity index (χ2v) is 11.2. The molecule has 2 nitrogen and oxygen atoms in total. The first kappa shape index (κ1) is 25.5. The summed E-state index contributed by atoms with van der Waals surface area (Å²) in [6, 6.07) is 6.65. The summed E-state index contributed by atoms with van der Waals surface area (Å²) in [6.07, 6.45) is 10.2. The molecular formula is C27H42F2O2Si. The Bertz CT molecular complexity index is 670. The molecule has 180 valence electrons. The highest BCUT2D eigenvalue weighted by Crippen LogP contribution is 2.42. The third-order valence-electron chi connectivity index (χ3n) is 7.73. The van der Waals surface area contributed by atoms with E-state index in [1.54, 1.807) is 19.9 Å². The summed E-state index contributed by atoms with van der Waals surface area (Å²) in [5, 5.41) is 0.960. The maximum absolute atomic E-state index is 14.1. The fourth-order valence-electron chi connectivity index (χ4n) is 5.49. The molecule has 1 aromatic carbocycles. The van der Waals surface area contributed by atoms with E-state index in [0.717, 1.165) is 34.9 Å².